The topological polar surface area (TPSA) is 83.1 Å². The van der Waals surface area contributed by atoms with E-state index < -0.39 is 32.0 Å². The van der Waals surface area contributed by atoms with E-state index in [1.807, 2.05) is 45.0 Å². The summed E-state index contributed by atoms with van der Waals surface area (Å²) >= 11 is 0. The van der Waals surface area contributed by atoms with Crippen LogP contribution < -0.4 is 10.1 Å². The molecule has 0 aliphatic carbocycles. The Kier molecular flexibility index (Phi) is 11.5. The molecule has 1 aromatic carbocycles. The number of carbonyl (C=O) groups excluding carboxylic acids is 2. The molecule has 0 fully saturated rings. The van der Waals surface area contributed by atoms with Crippen molar-refractivity contribution >= 4 is 20.4 Å². The molecule has 2 atom stereocenters. The van der Waals surface area contributed by atoms with Crippen LogP contribution in [0.4, 0.5) is 4.79 Å². The van der Waals surface area contributed by atoms with Crippen LogP contribution >= 0.6 is 0 Å². The van der Waals surface area contributed by atoms with Gasteiger partial charge in [-0.25, -0.2) is 9.59 Å². The van der Waals surface area contributed by atoms with Gasteiger partial charge in [0, 0.05) is 18.6 Å². The second kappa shape index (κ2) is 13.1. The maximum Gasteiger partial charge on any atom is 0.408 e. The number of alkyl carbamates (subject to hydrolysis) is 1. The minimum absolute atomic E-state index is 0.0343. The monoisotopic (exact) mass is 507 g/mol. The molecule has 0 saturated carbocycles. The van der Waals surface area contributed by atoms with E-state index in [0.717, 1.165) is 11.3 Å². The first kappa shape index (κ1) is 30.7. The van der Waals surface area contributed by atoms with Gasteiger partial charge in [-0.1, -0.05) is 39.0 Å². The molecule has 1 amide bonds. The van der Waals surface area contributed by atoms with Crippen LogP contribution in [0.2, 0.25) is 18.1 Å². The average molecular weight is 508 g/mol. The molecule has 0 aliphatic rings. The first-order valence-corrected chi connectivity index (χ1v) is 15.1. The lowest BCUT2D eigenvalue weighted by Crippen LogP contribution is -2.44. The minimum Gasteiger partial charge on any atom is -0.497 e. The molecule has 8 heteroatoms. The number of nitrogens with one attached hydrogen (secondary N) is 1. The SMILES string of the molecule is CCOC(=O)/C=C/C[C@H](CO[Si](C)(C)C(C)(C)C)[C@H](NC(=O)OC(C)(C)C)c1ccc(OC)cc1. The maximum atomic E-state index is 12.8. The van der Waals surface area contributed by atoms with Gasteiger partial charge in [0.15, 0.2) is 8.32 Å². The summed E-state index contributed by atoms with van der Waals surface area (Å²) in [4.78, 5) is 24.7. The highest BCUT2D eigenvalue weighted by Gasteiger charge is 2.38. The largest absolute Gasteiger partial charge is 0.497 e. The Balaban J connectivity index is 3.33. The first-order valence-electron chi connectivity index (χ1n) is 12.2. The van der Waals surface area contributed by atoms with Gasteiger partial charge >= 0.3 is 12.1 Å². The van der Waals surface area contributed by atoms with E-state index in [9.17, 15) is 9.59 Å². The van der Waals surface area contributed by atoms with Crippen LogP contribution in [0.5, 0.6) is 5.75 Å². The van der Waals surface area contributed by atoms with Gasteiger partial charge in [0.05, 0.1) is 19.8 Å². The van der Waals surface area contributed by atoms with Gasteiger partial charge in [-0.05, 0) is 69.9 Å². The van der Waals surface area contributed by atoms with Crippen molar-refractivity contribution in [2.24, 2.45) is 5.92 Å². The molecule has 0 aromatic heterocycles. The highest BCUT2D eigenvalue weighted by Crippen LogP contribution is 2.38. The van der Waals surface area contributed by atoms with Crippen molar-refractivity contribution in [3.63, 3.8) is 0 Å². The van der Waals surface area contributed by atoms with Crippen molar-refractivity contribution in [3.8, 4) is 5.75 Å². The van der Waals surface area contributed by atoms with Crippen LogP contribution in [0.25, 0.3) is 0 Å². The van der Waals surface area contributed by atoms with Gasteiger partial charge in [-0.15, -0.1) is 0 Å². The molecule has 0 saturated heterocycles. The molecule has 0 unspecified atom stereocenters. The number of methoxy groups -OCH3 is 1. The Morgan fingerprint density at radius 3 is 2.14 bits per heavy atom. The van der Waals surface area contributed by atoms with Crippen molar-refractivity contribution in [1.29, 1.82) is 0 Å². The molecule has 1 aromatic rings. The van der Waals surface area contributed by atoms with Gasteiger partial charge < -0.3 is 24.0 Å². The van der Waals surface area contributed by atoms with Crippen LogP contribution in [0.15, 0.2) is 36.4 Å². The van der Waals surface area contributed by atoms with Crippen LogP contribution in [-0.2, 0) is 18.7 Å². The number of esters is 1. The highest BCUT2D eigenvalue weighted by atomic mass is 28.4. The molecule has 0 spiro atoms. The summed E-state index contributed by atoms with van der Waals surface area (Å²) in [6.07, 6.45) is 3.21. The van der Waals surface area contributed by atoms with Gasteiger partial charge in [0.1, 0.15) is 11.4 Å². The third kappa shape index (κ3) is 10.9. The number of hydrogen-bond acceptors (Lipinski definition) is 6. The van der Waals surface area contributed by atoms with Crippen molar-refractivity contribution < 1.29 is 28.2 Å². The minimum atomic E-state index is -2.06. The number of rotatable bonds is 11. The van der Waals surface area contributed by atoms with Gasteiger partial charge in [-0.3, -0.25) is 0 Å². The fourth-order valence-electron chi connectivity index (χ4n) is 3.08. The summed E-state index contributed by atoms with van der Waals surface area (Å²) in [5.74, 6) is 0.175. The van der Waals surface area contributed by atoms with Gasteiger partial charge in [0.2, 0.25) is 0 Å². The molecule has 1 rings (SSSR count). The standard InChI is InChI=1S/C27H45NO6Si/c1-11-32-23(29)14-12-13-21(19-33-35(9,10)27(5,6)7)24(28-25(30)34-26(2,3)4)20-15-17-22(31-8)18-16-20/h12,14-18,21,24H,11,13,19H2,1-10H3,(H,28,30)/b14-12+/t21-,24-/m1/s1. The molecule has 198 valence electrons. The number of hydrogen-bond donors (Lipinski definition) is 1. The van der Waals surface area contributed by atoms with Crippen LogP contribution in [-0.4, -0.2) is 46.3 Å². The smallest absolute Gasteiger partial charge is 0.408 e. The van der Waals surface area contributed by atoms with E-state index in [2.05, 4.69) is 39.2 Å². The highest BCUT2D eigenvalue weighted by molar-refractivity contribution is 6.74. The van der Waals surface area contributed by atoms with E-state index in [1.165, 1.54) is 6.08 Å². The molecule has 7 nitrogen and oxygen atoms in total. The Labute approximate surface area is 212 Å². The number of benzene rings is 1. The summed E-state index contributed by atoms with van der Waals surface area (Å²) in [5.41, 5.74) is 0.260. The molecule has 35 heavy (non-hydrogen) atoms. The van der Waals surface area contributed by atoms with Crippen LogP contribution in [0, 0.1) is 5.92 Å². The quantitative estimate of drug-likeness (QED) is 0.212. The second-order valence-electron chi connectivity index (χ2n) is 11.1. The van der Waals surface area contributed by atoms with Gasteiger partial charge in [-0.2, -0.15) is 0 Å². The summed E-state index contributed by atoms with van der Waals surface area (Å²) in [6.45, 7) is 18.9. The third-order valence-corrected chi connectivity index (χ3v) is 10.6. The zero-order valence-electron chi connectivity index (χ0n) is 23.2. The van der Waals surface area contributed by atoms with Crippen LogP contribution in [0.3, 0.4) is 0 Å². The summed E-state index contributed by atoms with van der Waals surface area (Å²) in [6, 6.07) is 7.16. The maximum absolute atomic E-state index is 12.8. The van der Waals surface area contributed by atoms with Crippen molar-refractivity contribution in [1.82, 2.24) is 5.32 Å². The normalized spacial score (nSPS) is 14.3. The van der Waals surface area contributed by atoms with Crippen molar-refractivity contribution in [2.75, 3.05) is 20.3 Å². The predicted octanol–water partition coefficient (Wildman–Crippen LogP) is 6.41. The molecular weight excluding hydrogens is 462 g/mol. The van der Waals surface area contributed by atoms with E-state index in [-0.39, 0.29) is 11.0 Å². The second-order valence-corrected chi connectivity index (χ2v) is 15.9. The Morgan fingerprint density at radius 1 is 1.06 bits per heavy atom. The average Bonchev–Trinajstić information content (AvgIpc) is 2.73. The number of amides is 1. The fraction of sp³-hybridized carbons (Fsp3) is 0.630. The summed E-state index contributed by atoms with van der Waals surface area (Å²) in [5, 5.41) is 3.08. The molecule has 0 aliphatic heterocycles. The molecule has 1 N–H and O–H groups in total. The predicted molar refractivity (Wildman–Crippen MR) is 142 cm³/mol. The molecule has 0 heterocycles. The van der Waals surface area contributed by atoms with E-state index in [0.29, 0.717) is 19.6 Å². The molecule has 0 bridgehead atoms. The fourth-order valence-corrected chi connectivity index (χ4v) is 4.14. The van der Waals surface area contributed by atoms with Gasteiger partial charge in [0.25, 0.3) is 0 Å². The van der Waals surface area contributed by atoms with E-state index in [1.54, 1.807) is 20.1 Å². The van der Waals surface area contributed by atoms with Crippen molar-refractivity contribution in [2.45, 2.75) is 84.7 Å². The molecule has 0 radical (unpaired) electrons. The first-order chi connectivity index (χ1) is 16.1. The third-order valence-electron chi connectivity index (χ3n) is 6.06. The Hall–Kier alpha value is -2.32. The lowest BCUT2D eigenvalue weighted by Gasteiger charge is -2.38. The van der Waals surface area contributed by atoms with E-state index in [4.69, 9.17) is 18.6 Å². The van der Waals surface area contributed by atoms with Crippen LogP contribution in [0.1, 0.15) is 66.5 Å². The lowest BCUT2D eigenvalue weighted by molar-refractivity contribution is -0.137. The Morgan fingerprint density at radius 2 is 1.66 bits per heavy atom. The van der Waals surface area contributed by atoms with E-state index >= 15 is 0 Å². The van der Waals surface area contributed by atoms with Crippen molar-refractivity contribution in [3.05, 3.63) is 42.0 Å². The summed E-state index contributed by atoms with van der Waals surface area (Å²) < 4.78 is 22.4. The molecular formula is C27H45NO6Si. The Bertz CT molecular complexity index is 837. The number of ether oxygens (including phenoxy) is 3. The lowest BCUT2D eigenvalue weighted by atomic mass is 9.90. The summed E-state index contributed by atoms with van der Waals surface area (Å²) in [7, 11) is -0.448. The zero-order chi connectivity index (χ0) is 26.9. The number of allylic oxidation sites excluding steroid dienone is 1. The number of carbonyl (C=O) groups is 2. The zero-order valence-corrected chi connectivity index (χ0v) is 24.2.